The van der Waals surface area contributed by atoms with Crippen molar-refractivity contribution in [3.63, 3.8) is 0 Å². The largest absolute Gasteiger partial charge is 2.00 e. The molecule has 0 unspecified atom stereocenters. The number of thiol groups is 1. The molecule has 2 aliphatic rings. The van der Waals surface area contributed by atoms with Gasteiger partial charge in [0, 0.05) is 12.8 Å². The zero-order chi connectivity index (χ0) is 32.0. The van der Waals surface area contributed by atoms with E-state index in [1.165, 1.54) is 0 Å². The SMILES string of the molecule is C=C([SH2+])C1=C(C)c2cc3[n-]c(cc4nc(cc5[n-]c(cc1n2)c(C)c5[C@H]([CH2-])S)C(C)=C4CCC(=O)O)c(CCC(=O)O)c3C.[Fe+2]. The maximum atomic E-state index is 11.6. The number of aryl methyl sites for hydroxylation is 3. The number of hydrogen-bond donors (Lipinski definition) is 3. The van der Waals surface area contributed by atoms with Gasteiger partial charge >= 0.3 is 29.0 Å². The summed E-state index contributed by atoms with van der Waals surface area (Å²) >= 11 is 8.30. The second-order valence-electron chi connectivity index (χ2n) is 11.1. The average molecular weight is 683 g/mol. The molecule has 8 bridgehead atoms. The van der Waals surface area contributed by atoms with Gasteiger partial charge in [-0.05, 0) is 76.5 Å². The second-order valence-corrected chi connectivity index (χ2v) is 12.4. The first-order chi connectivity index (χ1) is 20.8. The van der Waals surface area contributed by atoms with Crippen LogP contribution in [0.1, 0.15) is 83.4 Å². The molecule has 0 saturated heterocycles. The number of carboxylic acid groups (broad SMARTS) is 2. The van der Waals surface area contributed by atoms with Crippen molar-refractivity contribution >= 4 is 81.6 Å². The molecule has 3 aromatic rings. The maximum absolute atomic E-state index is 11.6. The molecule has 1 atom stereocenters. The molecule has 0 amide bonds. The summed E-state index contributed by atoms with van der Waals surface area (Å²) in [5.41, 5.74) is 12.2. The predicted molar refractivity (Wildman–Crippen MR) is 183 cm³/mol. The molecule has 0 saturated carbocycles. The first-order valence-corrected chi connectivity index (χ1v) is 15.2. The third-order valence-corrected chi connectivity index (χ3v) is 8.75. The van der Waals surface area contributed by atoms with E-state index >= 15 is 0 Å². The summed E-state index contributed by atoms with van der Waals surface area (Å²) in [4.78, 5) is 43.6. The first-order valence-electron chi connectivity index (χ1n) is 14.2. The number of carboxylic acids is 2. The molecule has 2 aliphatic heterocycles. The van der Waals surface area contributed by atoms with Gasteiger partial charge in [0.15, 0.2) is 4.91 Å². The smallest absolute Gasteiger partial charge is 0.657 e. The van der Waals surface area contributed by atoms with E-state index in [9.17, 15) is 19.8 Å². The Kier molecular flexibility index (Phi) is 10.3. The zero-order valence-corrected chi connectivity index (χ0v) is 28.4. The van der Waals surface area contributed by atoms with Gasteiger partial charge in [0.25, 0.3) is 0 Å². The number of fused-ring (bicyclic) bond motifs is 8. The number of allylic oxidation sites excluding steroid dienone is 4. The molecular formula is C34H34FeN4O4S2. The van der Waals surface area contributed by atoms with Crippen molar-refractivity contribution in [2.24, 2.45) is 0 Å². The molecule has 5 rings (SSSR count). The van der Waals surface area contributed by atoms with E-state index in [0.717, 1.165) is 50.1 Å². The summed E-state index contributed by atoms with van der Waals surface area (Å²) in [6.07, 6.45) is 0.432. The molecule has 11 heteroatoms. The Labute approximate surface area is 283 Å². The molecule has 5 heterocycles. The van der Waals surface area contributed by atoms with Gasteiger partial charge in [-0.25, -0.2) is 22.6 Å². The standard InChI is InChI=1S/C34H35N4O4S2.Fe/c1-15-21(7-9-31(39)40)27-14-28-22(8-10-32(41)42)16(2)24(36-28)12-29-34(20(6)44)18(4)26(38-29)13-30-33(19(5)43)17(3)25(37-30)11-23(15)35-27;/h11-14,20H,5-10H2,1-4H3,(H6,35,36,37,38,39,40,41,42,43,44);/q-1;+2/p-1/t20-;/m0./s1. The fourth-order valence-electron chi connectivity index (χ4n) is 5.88. The molecule has 2 N–H and O–H groups in total. The van der Waals surface area contributed by atoms with Crippen molar-refractivity contribution in [1.29, 1.82) is 0 Å². The molecule has 3 aromatic heterocycles. The number of nitrogens with zero attached hydrogens (tertiary/aromatic N) is 4. The normalized spacial score (nSPS) is 13.6. The summed E-state index contributed by atoms with van der Waals surface area (Å²) in [5, 5.41) is 18.6. The summed E-state index contributed by atoms with van der Waals surface area (Å²) < 4.78 is 0. The molecule has 45 heavy (non-hydrogen) atoms. The van der Waals surface area contributed by atoms with E-state index < -0.39 is 11.9 Å². The van der Waals surface area contributed by atoms with E-state index in [4.69, 9.17) is 19.9 Å². The molecule has 0 aliphatic carbocycles. The van der Waals surface area contributed by atoms with Crippen molar-refractivity contribution < 1.29 is 36.9 Å². The summed E-state index contributed by atoms with van der Waals surface area (Å²) in [5.74, 6) is -1.81. The summed E-state index contributed by atoms with van der Waals surface area (Å²) in [6.45, 7) is 16.1. The van der Waals surface area contributed by atoms with Crippen LogP contribution in [0.15, 0.2) is 35.7 Å². The fraction of sp³-hybridized carbons (Fsp3) is 0.265. The fourth-order valence-corrected chi connectivity index (χ4v) is 6.52. The van der Waals surface area contributed by atoms with Crippen LogP contribution in [0.2, 0.25) is 0 Å². The van der Waals surface area contributed by atoms with Crippen LogP contribution in [-0.2, 0) is 45.7 Å². The Morgan fingerprint density at radius 1 is 0.844 bits per heavy atom. The third-order valence-electron chi connectivity index (χ3n) is 8.24. The summed E-state index contributed by atoms with van der Waals surface area (Å²) in [7, 11) is 0. The Morgan fingerprint density at radius 2 is 1.36 bits per heavy atom. The van der Waals surface area contributed by atoms with Crippen molar-refractivity contribution in [2.75, 3.05) is 0 Å². The van der Waals surface area contributed by atoms with Gasteiger partial charge < -0.3 is 27.1 Å². The molecule has 0 aromatic carbocycles. The zero-order valence-electron chi connectivity index (χ0n) is 25.4. The summed E-state index contributed by atoms with van der Waals surface area (Å²) in [6, 6.07) is 7.57. The van der Waals surface area contributed by atoms with Crippen molar-refractivity contribution in [2.45, 2.75) is 58.6 Å². The van der Waals surface area contributed by atoms with Crippen LogP contribution in [-0.4, -0.2) is 32.1 Å². The molecular weight excluding hydrogens is 648 g/mol. The maximum Gasteiger partial charge on any atom is 2.00 e. The van der Waals surface area contributed by atoms with E-state index in [1.54, 1.807) is 0 Å². The van der Waals surface area contributed by atoms with Crippen molar-refractivity contribution in [3.8, 4) is 0 Å². The second kappa shape index (κ2) is 13.5. The van der Waals surface area contributed by atoms with Gasteiger partial charge in [-0.2, -0.15) is 0 Å². The van der Waals surface area contributed by atoms with Crippen LogP contribution in [0.25, 0.3) is 44.4 Å². The number of hydrogen-bond acceptors (Lipinski definition) is 5. The number of aromatic nitrogens is 4. The monoisotopic (exact) mass is 682 g/mol. The van der Waals surface area contributed by atoms with Crippen LogP contribution >= 0.6 is 12.6 Å². The number of carbonyl (C=O) groups is 2. The number of aliphatic carboxylic acids is 2. The number of rotatable bonds is 8. The van der Waals surface area contributed by atoms with Crippen LogP contribution < -0.4 is 9.97 Å². The Hall–Kier alpha value is -3.50. The van der Waals surface area contributed by atoms with Gasteiger partial charge in [-0.15, -0.1) is 27.3 Å². The van der Waals surface area contributed by atoms with Gasteiger partial charge in [0.1, 0.15) is 0 Å². The molecule has 8 nitrogen and oxygen atoms in total. The minimum absolute atomic E-state index is 0. The minimum atomic E-state index is -0.908. The molecule has 234 valence electrons. The Bertz CT molecular complexity index is 1980. The van der Waals surface area contributed by atoms with Gasteiger partial charge in [0.2, 0.25) is 0 Å². The van der Waals surface area contributed by atoms with Crippen molar-refractivity contribution in [1.82, 2.24) is 19.9 Å². The Morgan fingerprint density at radius 3 is 1.98 bits per heavy atom. The molecule has 0 spiro atoms. The predicted octanol–water partition coefficient (Wildman–Crippen LogP) is 6.26. The van der Waals surface area contributed by atoms with Crippen LogP contribution in [0.4, 0.5) is 0 Å². The average Bonchev–Trinajstić information content (AvgIpc) is 3.59. The van der Waals surface area contributed by atoms with Crippen molar-refractivity contribution in [3.05, 3.63) is 87.7 Å². The van der Waals surface area contributed by atoms with Gasteiger partial charge in [-0.3, -0.25) is 9.59 Å². The molecule has 0 fully saturated rings. The van der Waals surface area contributed by atoms with E-state index in [1.807, 2.05) is 52.0 Å². The van der Waals surface area contributed by atoms with Crippen LogP contribution in [0.3, 0.4) is 0 Å². The quantitative estimate of drug-likeness (QED) is 0.110. The van der Waals surface area contributed by atoms with E-state index in [0.29, 0.717) is 44.2 Å². The van der Waals surface area contributed by atoms with Crippen LogP contribution in [0, 0.1) is 20.8 Å². The van der Waals surface area contributed by atoms with E-state index in [2.05, 4.69) is 38.8 Å². The molecule has 0 radical (unpaired) electrons. The van der Waals surface area contributed by atoms with Gasteiger partial charge in [0.05, 0.1) is 28.3 Å². The third kappa shape index (κ3) is 6.72. The van der Waals surface area contributed by atoms with Crippen LogP contribution in [0.5, 0.6) is 0 Å². The van der Waals surface area contributed by atoms with E-state index in [-0.39, 0.29) is 48.0 Å². The van der Waals surface area contributed by atoms with Gasteiger partial charge in [-0.1, -0.05) is 46.5 Å². The minimum Gasteiger partial charge on any atom is -0.657 e. The topological polar surface area (TPSA) is 129 Å². The first kappa shape index (κ1) is 34.4. The Balaban J connectivity index is 0.00000461.